The molecule has 0 unspecified atom stereocenters. The number of benzene rings is 1. The van der Waals surface area contributed by atoms with Crippen molar-refractivity contribution in [2.24, 2.45) is 7.05 Å². The Morgan fingerprint density at radius 2 is 2.17 bits per heavy atom. The van der Waals surface area contributed by atoms with E-state index in [-0.39, 0.29) is 12.1 Å². The molecule has 0 atom stereocenters. The van der Waals surface area contributed by atoms with Crippen LogP contribution in [0.25, 0.3) is 21.3 Å². The molecule has 0 spiro atoms. The molecule has 8 nitrogen and oxygen atoms in total. The van der Waals surface area contributed by atoms with E-state index < -0.39 is 0 Å². The van der Waals surface area contributed by atoms with Gasteiger partial charge < -0.3 is 15.7 Å². The number of hydrogen-bond acceptors (Lipinski definition) is 8. The first-order valence-electron chi connectivity index (χ1n) is 9.18. The van der Waals surface area contributed by atoms with Gasteiger partial charge >= 0.3 is 0 Å². The molecule has 0 bridgehead atoms. The van der Waals surface area contributed by atoms with E-state index in [1.165, 1.54) is 22.4 Å². The first kappa shape index (κ1) is 18.6. The van der Waals surface area contributed by atoms with Crippen molar-refractivity contribution in [1.29, 1.82) is 5.41 Å². The predicted molar refractivity (Wildman–Crippen MR) is 121 cm³/mol. The van der Waals surface area contributed by atoms with Crippen LogP contribution in [0.5, 0.6) is 0 Å². The molecule has 0 amide bonds. The number of nitrogens with two attached hydrogens (primary N) is 1. The van der Waals surface area contributed by atoms with Gasteiger partial charge in [-0.3, -0.25) is 4.79 Å². The SMILES string of the molecule is Cn1c2nc(Cc3ccns3)sc2c2cnn(Cc3cccc(N)c3C=N)c(=O)c21. The minimum Gasteiger partial charge on any atom is -0.398 e. The van der Waals surface area contributed by atoms with Gasteiger partial charge in [-0.1, -0.05) is 12.1 Å². The summed E-state index contributed by atoms with van der Waals surface area (Å²) in [6, 6.07) is 7.40. The third-order valence-electron chi connectivity index (χ3n) is 5.08. The van der Waals surface area contributed by atoms with Crippen molar-refractivity contribution in [3.05, 3.63) is 68.0 Å². The van der Waals surface area contributed by atoms with Gasteiger partial charge in [0.1, 0.15) is 10.5 Å². The lowest BCUT2D eigenvalue weighted by atomic mass is 10.1. The van der Waals surface area contributed by atoms with Gasteiger partial charge in [0.15, 0.2) is 5.65 Å². The molecule has 1 aromatic carbocycles. The van der Waals surface area contributed by atoms with Crippen LogP contribution in [0.1, 0.15) is 21.0 Å². The smallest absolute Gasteiger partial charge is 0.291 e. The van der Waals surface area contributed by atoms with Crippen LogP contribution >= 0.6 is 22.9 Å². The highest BCUT2D eigenvalue weighted by molar-refractivity contribution is 7.19. The van der Waals surface area contributed by atoms with E-state index in [0.717, 1.165) is 37.6 Å². The first-order chi connectivity index (χ1) is 14.6. The summed E-state index contributed by atoms with van der Waals surface area (Å²) in [5, 5.41) is 13.8. The summed E-state index contributed by atoms with van der Waals surface area (Å²) in [4.78, 5) is 19.1. The van der Waals surface area contributed by atoms with Gasteiger partial charge in [-0.05, 0) is 29.2 Å². The summed E-state index contributed by atoms with van der Waals surface area (Å²) in [7, 11) is 1.86. The van der Waals surface area contributed by atoms with Crippen LogP contribution in [-0.4, -0.2) is 29.9 Å². The lowest BCUT2D eigenvalue weighted by Crippen LogP contribution is -2.25. The summed E-state index contributed by atoms with van der Waals surface area (Å²) in [5.41, 5.74) is 9.02. The number of rotatable bonds is 5. The van der Waals surface area contributed by atoms with Gasteiger partial charge in [-0.15, -0.1) is 11.3 Å². The summed E-state index contributed by atoms with van der Waals surface area (Å²) < 4.78 is 8.35. The van der Waals surface area contributed by atoms with Gasteiger partial charge in [0.2, 0.25) is 0 Å². The van der Waals surface area contributed by atoms with E-state index in [4.69, 9.17) is 16.1 Å². The Labute approximate surface area is 178 Å². The van der Waals surface area contributed by atoms with Crippen molar-refractivity contribution in [2.45, 2.75) is 13.0 Å². The minimum atomic E-state index is -0.192. The molecule has 0 fully saturated rings. The molecule has 30 heavy (non-hydrogen) atoms. The molecule has 10 heteroatoms. The second-order valence-corrected chi connectivity index (χ2v) is 8.91. The Balaban J connectivity index is 1.59. The monoisotopic (exact) mass is 435 g/mol. The summed E-state index contributed by atoms with van der Waals surface area (Å²) in [6.07, 6.45) is 5.46. The summed E-state index contributed by atoms with van der Waals surface area (Å²) in [5.74, 6) is 0. The average Bonchev–Trinajstić information content (AvgIpc) is 3.44. The second-order valence-electron chi connectivity index (χ2n) is 6.91. The van der Waals surface area contributed by atoms with Crippen molar-refractivity contribution < 1.29 is 0 Å². The zero-order valence-corrected chi connectivity index (χ0v) is 17.6. The maximum atomic E-state index is 13.2. The number of anilines is 1. The number of nitrogen functional groups attached to an aromatic ring is 1. The predicted octanol–water partition coefficient (Wildman–Crippen LogP) is 3.02. The van der Waals surface area contributed by atoms with Crippen molar-refractivity contribution in [3.8, 4) is 0 Å². The fourth-order valence-electron chi connectivity index (χ4n) is 3.61. The van der Waals surface area contributed by atoms with Crippen molar-refractivity contribution >= 4 is 56.0 Å². The third kappa shape index (κ3) is 2.92. The minimum absolute atomic E-state index is 0.192. The lowest BCUT2D eigenvalue weighted by molar-refractivity contribution is 0.644. The van der Waals surface area contributed by atoms with Crippen LogP contribution in [0.3, 0.4) is 0 Å². The molecule has 5 rings (SSSR count). The topological polar surface area (TPSA) is 115 Å². The van der Waals surface area contributed by atoms with Crippen molar-refractivity contribution in [3.63, 3.8) is 0 Å². The van der Waals surface area contributed by atoms with Crippen LogP contribution in [0.2, 0.25) is 0 Å². The zero-order valence-electron chi connectivity index (χ0n) is 16.0. The van der Waals surface area contributed by atoms with E-state index in [2.05, 4.69) is 9.47 Å². The fourth-order valence-corrected chi connectivity index (χ4v) is 5.41. The summed E-state index contributed by atoms with van der Waals surface area (Å²) in [6.45, 7) is 0.243. The number of nitrogens with one attached hydrogen (secondary N) is 1. The van der Waals surface area contributed by atoms with E-state index in [9.17, 15) is 4.79 Å². The molecule has 0 aliphatic carbocycles. The largest absolute Gasteiger partial charge is 0.398 e. The molecular formula is C20H17N7OS2. The molecule has 0 aliphatic rings. The number of hydrogen-bond donors (Lipinski definition) is 2. The molecule has 3 N–H and O–H groups in total. The zero-order chi connectivity index (χ0) is 20.8. The Bertz CT molecular complexity index is 1460. The quantitative estimate of drug-likeness (QED) is 0.325. The molecule has 4 heterocycles. The first-order valence-corrected chi connectivity index (χ1v) is 10.8. The van der Waals surface area contributed by atoms with Crippen LogP contribution in [0.4, 0.5) is 5.69 Å². The molecule has 0 saturated heterocycles. The van der Waals surface area contributed by atoms with Crippen LogP contribution in [-0.2, 0) is 20.0 Å². The van der Waals surface area contributed by atoms with E-state index >= 15 is 0 Å². The number of aromatic nitrogens is 5. The second kappa shape index (κ2) is 7.15. The van der Waals surface area contributed by atoms with Gasteiger partial charge in [0.05, 0.1) is 17.4 Å². The highest BCUT2D eigenvalue weighted by atomic mass is 32.1. The Morgan fingerprint density at radius 3 is 2.93 bits per heavy atom. The standard InChI is InChI=1S/C20H17N7OS2/c1-26-17-14(18-19(26)25-16(29-18)7-12-5-6-24-30-12)9-23-27(20(17)28)10-11-3-2-4-15(22)13(11)8-21/h2-6,8-9,21H,7,10,22H2,1H3. The third-order valence-corrected chi connectivity index (χ3v) is 6.90. The van der Waals surface area contributed by atoms with Gasteiger partial charge in [0, 0.05) is 47.4 Å². The molecule has 0 radical (unpaired) electrons. The number of thiazole rings is 1. The van der Waals surface area contributed by atoms with Gasteiger partial charge in [-0.2, -0.15) is 5.10 Å². The molecule has 5 aromatic rings. The molecule has 150 valence electrons. The molecule has 0 aliphatic heterocycles. The van der Waals surface area contributed by atoms with Crippen LogP contribution in [0.15, 0.2) is 41.5 Å². The van der Waals surface area contributed by atoms with Crippen LogP contribution in [0, 0.1) is 5.41 Å². The molecule has 0 saturated carbocycles. The molecular weight excluding hydrogens is 418 g/mol. The maximum absolute atomic E-state index is 13.2. The summed E-state index contributed by atoms with van der Waals surface area (Å²) >= 11 is 3.05. The number of fused-ring (bicyclic) bond motifs is 3. The van der Waals surface area contributed by atoms with Gasteiger partial charge in [-0.25, -0.2) is 14.0 Å². The normalized spacial score (nSPS) is 11.5. The maximum Gasteiger partial charge on any atom is 0.291 e. The highest BCUT2D eigenvalue weighted by Crippen LogP contribution is 2.32. The van der Waals surface area contributed by atoms with E-state index in [1.54, 1.807) is 29.8 Å². The van der Waals surface area contributed by atoms with Crippen molar-refractivity contribution in [1.82, 2.24) is 23.7 Å². The molecule has 4 aromatic heterocycles. The number of nitrogens with zero attached hydrogens (tertiary/aromatic N) is 5. The Morgan fingerprint density at radius 1 is 1.30 bits per heavy atom. The fraction of sp³-hybridized carbons (Fsp3) is 0.150. The lowest BCUT2D eigenvalue weighted by Gasteiger charge is -2.10. The Hall–Kier alpha value is -3.37. The highest BCUT2D eigenvalue weighted by Gasteiger charge is 2.19. The van der Waals surface area contributed by atoms with E-state index in [0.29, 0.717) is 16.8 Å². The van der Waals surface area contributed by atoms with E-state index in [1.807, 2.05) is 29.8 Å². The van der Waals surface area contributed by atoms with Crippen LogP contribution < -0.4 is 11.3 Å². The average molecular weight is 436 g/mol. The van der Waals surface area contributed by atoms with Gasteiger partial charge in [0.25, 0.3) is 5.56 Å². The van der Waals surface area contributed by atoms with Crippen molar-refractivity contribution in [2.75, 3.05) is 5.73 Å². The number of aryl methyl sites for hydroxylation is 1. The Kier molecular flexibility index (Phi) is 4.44.